The molecule has 0 aromatic heterocycles. The number of allylic oxidation sites excluding steroid dienone is 6. The van der Waals surface area contributed by atoms with Crippen LogP contribution in [0.4, 0.5) is 0 Å². The third-order valence-electron chi connectivity index (χ3n) is 15.2. The molecule has 0 rings (SSSR count). The first kappa shape index (κ1) is 71.1. The molecule has 1 atom stereocenters. The molecular formula is C68H128O5. The normalized spacial score (nSPS) is 12.3. The smallest absolute Gasteiger partial charge is 0.306 e. The minimum Gasteiger partial charge on any atom is -0.462 e. The predicted octanol–water partition coefficient (Wildman–Crippen LogP) is 22.6. The van der Waals surface area contributed by atoms with Gasteiger partial charge in [-0.1, -0.05) is 339 Å². The van der Waals surface area contributed by atoms with Crippen molar-refractivity contribution < 1.29 is 24.2 Å². The SMILES string of the molecule is CCCCCCC/C=C\C/C=C\C/C=C\CCCCCCCCCCCCCCCCCCCCC(=O)OC(CO)COC(=O)CCCCCCCCCCCCCCCCCCCCCCCCCCCC. The van der Waals surface area contributed by atoms with Gasteiger partial charge >= 0.3 is 11.9 Å². The van der Waals surface area contributed by atoms with Crippen LogP contribution in [-0.4, -0.2) is 36.4 Å². The highest BCUT2D eigenvalue weighted by molar-refractivity contribution is 5.70. The number of esters is 2. The molecule has 0 fully saturated rings. The molecule has 0 bridgehead atoms. The molecule has 0 saturated carbocycles. The number of hydrogen-bond acceptors (Lipinski definition) is 5. The number of unbranched alkanes of at least 4 members (excludes halogenated alkanes) is 48. The average Bonchev–Trinajstić information content (AvgIpc) is 3.39. The zero-order valence-electron chi connectivity index (χ0n) is 49.4. The number of aliphatic hydroxyl groups excluding tert-OH is 1. The minimum absolute atomic E-state index is 0.0591. The van der Waals surface area contributed by atoms with Gasteiger partial charge in [0.25, 0.3) is 0 Å². The Hall–Kier alpha value is -1.88. The van der Waals surface area contributed by atoms with Crippen LogP contribution in [0.15, 0.2) is 36.5 Å². The van der Waals surface area contributed by atoms with E-state index in [1.54, 1.807) is 0 Å². The molecule has 5 nitrogen and oxygen atoms in total. The largest absolute Gasteiger partial charge is 0.462 e. The van der Waals surface area contributed by atoms with Crippen molar-refractivity contribution in [2.24, 2.45) is 0 Å². The molecule has 5 heteroatoms. The van der Waals surface area contributed by atoms with Crippen molar-refractivity contribution >= 4 is 11.9 Å². The van der Waals surface area contributed by atoms with Crippen LogP contribution in [0.25, 0.3) is 0 Å². The van der Waals surface area contributed by atoms with Crippen LogP contribution >= 0.6 is 0 Å². The molecule has 0 saturated heterocycles. The zero-order chi connectivity index (χ0) is 52.7. The van der Waals surface area contributed by atoms with E-state index in [0.717, 1.165) is 44.9 Å². The molecule has 0 aromatic rings. The first-order valence-corrected chi connectivity index (χ1v) is 33.0. The summed E-state index contributed by atoms with van der Waals surface area (Å²) in [7, 11) is 0. The molecule has 1 N–H and O–H groups in total. The molecule has 0 aliphatic carbocycles. The van der Waals surface area contributed by atoms with E-state index in [1.807, 2.05) is 0 Å². The maximum Gasteiger partial charge on any atom is 0.306 e. The van der Waals surface area contributed by atoms with Crippen molar-refractivity contribution in [3.63, 3.8) is 0 Å². The van der Waals surface area contributed by atoms with Crippen molar-refractivity contribution in [3.05, 3.63) is 36.5 Å². The van der Waals surface area contributed by atoms with E-state index in [2.05, 4.69) is 50.3 Å². The zero-order valence-corrected chi connectivity index (χ0v) is 49.4. The molecular weight excluding hydrogens is 897 g/mol. The maximum atomic E-state index is 12.3. The molecule has 73 heavy (non-hydrogen) atoms. The van der Waals surface area contributed by atoms with Gasteiger partial charge in [0.05, 0.1) is 6.61 Å². The first-order chi connectivity index (χ1) is 36.1. The second-order valence-corrected chi connectivity index (χ2v) is 22.6. The lowest BCUT2D eigenvalue weighted by Gasteiger charge is -2.15. The summed E-state index contributed by atoms with van der Waals surface area (Å²) in [6, 6.07) is 0. The van der Waals surface area contributed by atoms with Gasteiger partial charge in [-0.15, -0.1) is 0 Å². The van der Waals surface area contributed by atoms with Gasteiger partial charge in [0.15, 0.2) is 6.10 Å². The molecule has 430 valence electrons. The van der Waals surface area contributed by atoms with Gasteiger partial charge in [0.2, 0.25) is 0 Å². The second kappa shape index (κ2) is 64.4. The summed E-state index contributed by atoms with van der Waals surface area (Å²) < 4.78 is 10.8. The molecule has 0 aliphatic rings. The van der Waals surface area contributed by atoms with Crippen LogP contribution in [0.3, 0.4) is 0 Å². The molecule has 0 spiro atoms. The van der Waals surface area contributed by atoms with Gasteiger partial charge in [-0.05, 0) is 51.4 Å². The summed E-state index contributed by atoms with van der Waals surface area (Å²) in [5.74, 6) is -0.567. The van der Waals surface area contributed by atoms with Crippen LogP contribution in [0.2, 0.25) is 0 Å². The lowest BCUT2D eigenvalue weighted by atomic mass is 10.0. The van der Waals surface area contributed by atoms with Crippen LogP contribution in [0, 0.1) is 0 Å². The molecule has 0 aliphatic heterocycles. The number of carbonyl (C=O) groups excluding carboxylic acids is 2. The first-order valence-electron chi connectivity index (χ1n) is 33.0. The number of aliphatic hydroxyl groups is 1. The van der Waals surface area contributed by atoms with Gasteiger partial charge in [-0.25, -0.2) is 0 Å². The number of rotatable bonds is 62. The van der Waals surface area contributed by atoms with Crippen LogP contribution in [-0.2, 0) is 19.1 Å². The Bertz CT molecular complexity index is 1160. The third-order valence-corrected chi connectivity index (χ3v) is 15.2. The van der Waals surface area contributed by atoms with E-state index in [1.165, 1.54) is 295 Å². The van der Waals surface area contributed by atoms with Crippen molar-refractivity contribution in [1.29, 1.82) is 0 Å². The second-order valence-electron chi connectivity index (χ2n) is 22.6. The van der Waals surface area contributed by atoms with Crippen LogP contribution in [0.5, 0.6) is 0 Å². The monoisotopic (exact) mass is 1020 g/mol. The lowest BCUT2D eigenvalue weighted by Crippen LogP contribution is -2.28. The number of hydrogen-bond donors (Lipinski definition) is 1. The van der Waals surface area contributed by atoms with Crippen molar-refractivity contribution in [3.8, 4) is 0 Å². The van der Waals surface area contributed by atoms with Crippen molar-refractivity contribution in [2.45, 2.75) is 373 Å². The summed E-state index contributed by atoms with van der Waals surface area (Å²) in [6.07, 6.45) is 84.5. The minimum atomic E-state index is -0.769. The topological polar surface area (TPSA) is 72.8 Å². The van der Waals surface area contributed by atoms with E-state index in [-0.39, 0.29) is 25.2 Å². The Morgan fingerprint density at radius 1 is 0.315 bits per heavy atom. The van der Waals surface area contributed by atoms with E-state index < -0.39 is 6.10 Å². The molecule has 1 unspecified atom stereocenters. The molecule has 0 aromatic carbocycles. The van der Waals surface area contributed by atoms with E-state index in [0.29, 0.717) is 12.8 Å². The van der Waals surface area contributed by atoms with Crippen LogP contribution < -0.4 is 0 Å². The fraction of sp³-hybridized carbons (Fsp3) is 0.882. The van der Waals surface area contributed by atoms with Gasteiger partial charge in [0.1, 0.15) is 6.61 Å². The van der Waals surface area contributed by atoms with Crippen molar-refractivity contribution in [2.75, 3.05) is 13.2 Å². The quantitative estimate of drug-likeness (QED) is 0.0373. The summed E-state index contributed by atoms with van der Waals surface area (Å²) in [5.41, 5.74) is 0. The highest BCUT2D eigenvalue weighted by Gasteiger charge is 2.16. The lowest BCUT2D eigenvalue weighted by molar-refractivity contribution is -0.161. The fourth-order valence-electron chi connectivity index (χ4n) is 10.2. The maximum absolute atomic E-state index is 12.3. The molecule has 0 amide bonds. The summed E-state index contributed by atoms with van der Waals surface area (Å²) in [6.45, 7) is 4.19. The summed E-state index contributed by atoms with van der Waals surface area (Å²) >= 11 is 0. The van der Waals surface area contributed by atoms with E-state index in [9.17, 15) is 14.7 Å². The van der Waals surface area contributed by atoms with Gasteiger partial charge in [-0.2, -0.15) is 0 Å². The Kier molecular flexibility index (Phi) is 62.7. The Morgan fingerprint density at radius 3 is 0.822 bits per heavy atom. The Labute approximate surface area is 456 Å². The number of ether oxygens (including phenoxy) is 2. The van der Waals surface area contributed by atoms with Gasteiger partial charge in [-0.3, -0.25) is 9.59 Å². The number of carbonyl (C=O) groups is 2. The summed E-state index contributed by atoms with van der Waals surface area (Å²) in [4.78, 5) is 24.6. The third kappa shape index (κ3) is 62.6. The highest BCUT2D eigenvalue weighted by atomic mass is 16.6. The fourth-order valence-corrected chi connectivity index (χ4v) is 10.2. The van der Waals surface area contributed by atoms with Crippen molar-refractivity contribution in [1.82, 2.24) is 0 Å². The van der Waals surface area contributed by atoms with E-state index in [4.69, 9.17) is 9.47 Å². The standard InChI is InChI=1S/C68H128O5/c1-3-5-7-9-11-13-15-17-19-21-23-25-27-29-31-32-33-34-35-36-37-39-41-43-45-47-49-51-53-55-57-59-61-63-68(71)73-66(64-69)65-72-67(70)62-60-58-56-54-52-50-48-46-44-42-40-38-30-28-26-24-22-20-18-16-14-12-10-8-6-4-2/h15,17,21,23,27,29,66,69H,3-14,16,18-20,22,24-26,28,30-65H2,1-2H3/b17-15-,23-21-,29-27-. The highest BCUT2D eigenvalue weighted by Crippen LogP contribution is 2.18. The van der Waals surface area contributed by atoms with Crippen LogP contribution in [0.1, 0.15) is 367 Å². The van der Waals surface area contributed by atoms with E-state index >= 15 is 0 Å². The van der Waals surface area contributed by atoms with Gasteiger partial charge < -0.3 is 14.6 Å². The summed E-state index contributed by atoms with van der Waals surface area (Å²) in [5, 5.41) is 9.69. The molecule has 0 radical (unpaired) electrons. The Morgan fingerprint density at radius 2 is 0.548 bits per heavy atom. The Balaban J connectivity index is 3.40. The average molecular weight is 1030 g/mol. The molecule has 0 heterocycles. The predicted molar refractivity (Wildman–Crippen MR) is 321 cm³/mol. The van der Waals surface area contributed by atoms with Gasteiger partial charge in [0, 0.05) is 12.8 Å².